The minimum Gasteiger partial charge on any atom is -0.376 e. The molecule has 0 bridgehead atoms. The molecule has 0 saturated carbocycles. The van der Waals surface area contributed by atoms with Crippen LogP contribution in [0.3, 0.4) is 0 Å². The Hall–Kier alpha value is -1.15. The molecular formula is C15H21ClN2O4S. The zero-order valence-corrected chi connectivity index (χ0v) is 14.6. The molecule has 8 heteroatoms. The molecule has 128 valence electrons. The van der Waals surface area contributed by atoms with Crippen LogP contribution in [0.15, 0.2) is 24.3 Å². The van der Waals surface area contributed by atoms with Gasteiger partial charge in [0.25, 0.3) is 0 Å². The number of hydrogen-bond acceptors (Lipinski definition) is 4. The molecule has 1 aromatic rings. The van der Waals surface area contributed by atoms with Crippen LogP contribution in [0, 0.1) is 0 Å². The van der Waals surface area contributed by atoms with Gasteiger partial charge in [0.05, 0.1) is 24.9 Å². The number of morpholine rings is 1. The molecule has 0 aliphatic carbocycles. The quantitative estimate of drug-likeness (QED) is 0.822. The van der Waals surface area contributed by atoms with Crippen LogP contribution in [0.1, 0.15) is 12.5 Å². The zero-order valence-electron chi connectivity index (χ0n) is 13.0. The van der Waals surface area contributed by atoms with Crippen LogP contribution in [0.4, 0.5) is 0 Å². The van der Waals surface area contributed by atoms with Gasteiger partial charge in [-0.15, -0.1) is 0 Å². The summed E-state index contributed by atoms with van der Waals surface area (Å²) in [7, 11) is -3.37. The number of amides is 1. The molecule has 23 heavy (non-hydrogen) atoms. The van der Waals surface area contributed by atoms with E-state index in [1.54, 1.807) is 24.3 Å². The maximum atomic E-state index is 12.2. The molecular weight excluding hydrogens is 340 g/mol. The van der Waals surface area contributed by atoms with Gasteiger partial charge in [-0.1, -0.05) is 23.7 Å². The molecule has 1 atom stereocenters. The van der Waals surface area contributed by atoms with Gasteiger partial charge < -0.3 is 10.1 Å². The molecule has 1 fully saturated rings. The van der Waals surface area contributed by atoms with E-state index < -0.39 is 10.0 Å². The highest BCUT2D eigenvalue weighted by atomic mass is 35.5. The number of nitrogens with one attached hydrogen (secondary N) is 1. The van der Waals surface area contributed by atoms with Crippen LogP contribution in [-0.2, 0) is 26.0 Å². The highest BCUT2D eigenvalue weighted by molar-refractivity contribution is 7.89. The Kier molecular flexibility index (Phi) is 6.41. The first-order valence-electron chi connectivity index (χ1n) is 7.47. The predicted octanol–water partition coefficient (Wildman–Crippen LogP) is 1.05. The summed E-state index contributed by atoms with van der Waals surface area (Å²) >= 11 is 5.79. The number of halogens is 1. The summed E-state index contributed by atoms with van der Waals surface area (Å²) in [5.74, 6) is -0.315. The first-order chi connectivity index (χ1) is 10.9. The second-order valence-corrected chi connectivity index (χ2v) is 8.03. The summed E-state index contributed by atoms with van der Waals surface area (Å²) in [5, 5.41) is 3.25. The van der Waals surface area contributed by atoms with Gasteiger partial charge in [0.15, 0.2) is 0 Å². The van der Waals surface area contributed by atoms with Gasteiger partial charge >= 0.3 is 0 Å². The van der Waals surface area contributed by atoms with Crippen LogP contribution in [0.25, 0.3) is 0 Å². The number of nitrogens with zero attached hydrogens (tertiary/aromatic N) is 1. The van der Waals surface area contributed by atoms with Gasteiger partial charge in [-0.3, -0.25) is 4.79 Å². The Morgan fingerprint density at radius 1 is 1.39 bits per heavy atom. The first kappa shape index (κ1) is 18.2. The number of sulfonamides is 1. The molecule has 2 rings (SSSR count). The fraction of sp³-hybridized carbons (Fsp3) is 0.533. The maximum Gasteiger partial charge on any atom is 0.224 e. The van der Waals surface area contributed by atoms with Crippen LogP contribution >= 0.6 is 11.6 Å². The predicted molar refractivity (Wildman–Crippen MR) is 88.9 cm³/mol. The molecule has 6 nitrogen and oxygen atoms in total. The summed E-state index contributed by atoms with van der Waals surface area (Å²) in [4.78, 5) is 11.8. The molecule has 0 aromatic heterocycles. The third-order valence-corrected chi connectivity index (χ3v) is 5.65. The number of rotatable bonds is 6. The van der Waals surface area contributed by atoms with E-state index >= 15 is 0 Å². The van der Waals surface area contributed by atoms with Gasteiger partial charge in [-0.05, 0) is 24.6 Å². The first-order valence-corrected chi connectivity index (χ1v) is 9.46. The van der Waals surface area contributed by atoms with Crippen molar-refractivity contribution in [1.82, 2.24) is 9.62 Å². The van der Waals surface area contributed by atoms with Crippen LogP contribution in [-0.4, -0.2) is 56.7 Å². The van der Waals surface area contributed by atoms with Gasteiger partial charge in [-0.2, -0.15) is 4.31 Å². The normalized spacial score (nSPS) is 19.5. The minimum absolute atomic E-state index is 0.0977. The van der Waals surface area contributed by atoms with Crippen LogP contribution in [0.5, 0.6) is 0 Å². The number of ether oxygens (including phenoxy) is 1. The lowest BCUT2D eigenvalue weighted by molar-refractivity contribution is -0.120. The van der Waals surface area contributed by atoms with Crippen molar-refractivity contribution in [3.8, 4) is 0 Å². The van der Waals surface area contributed by atoms with E-state index in [9.17, 15) is 13.2 Å². The molecule has 1 aliphatic rings. The van der Waals surface area contributed by atoms with E-state index in [2.05, 4.69) is 5.32 Å². The summed E-state index contributed by atoms with van der Waals surface area (Å²) in [6.45, 7) is 3.08. The van der Waals surface area contributed by atoms with E-state index in [4.69, 9.17) is 16.3 Å². The molecule has 1 amide bonds. The Morgan fingerprint density at radius 2 is 2.09 bits per heavy atom. The fourth-order valence-electron chi connectivity index (χ4n) is 2.34. The highest BCUT2D eigenvalue weighted by Gasteiger charge is 2.27. The minimum atomic E-state index is -3.37. The van der Waals surface area contributed by atoms with Crippen molar-refractivity contribution in [2.24, 2.45) is 0 Å². The van der Waals surface area contributed by atoms with E-state index in [-0.39, 0.29) is 30.7 Å². The Bertz CT molecular complexity index is 633. The maximum absolute atomic E-state index is 12.2. The van der Waals surface area contributed by atoms with E-state index in [0.29, 0.717) is 24.7 Å². The second-order valence-electron chi connectivity index (χ2n) is 5.51. The van der Waals surface area contributed by atoms with Gasteiger partial charge in [-0.25, -0.2) is 8.42 Å². The van der Waals surface area contributed by atoms with Crippen molar-refractivity contribution < 1.29 is 17.9 Å². The smallest absolute Gasteiger partial charge is 0.224 e. The van der Waals surface area contributed by atoms with Crippen LogP contribution in [0.2, 0.25) is 5.02 Å². The molecule has 1 heterocycles. The van der Waals surface area contributed by atoms with Crippen molar-refractivity contribution in [3.63, 3.8) is 0 Å². The number of benzene rings is 1. The lowest BCUT2D eigenvalue weighted by Gasteiger charge is -2.30. The summed E-state index contributed by atoms with van der Waals surface area (Å²) < 4.78 is 31.2. The Labute approximate surface area is 141 Å². The van der Waals surface area contributed by atoms with Gasteiger partial charge in [0, 0.05) is 24.7 Å². The monoisotopic (exact) mass is 360 g/mol. The third-order valence-electron chi connectivity index (χ3n) is 3.56. The van der Waals surface area contributed by atoms with Crippen LogP contribution < -0.4 is 5.32 Å². The van der Waals surface area contributed by atoms with Crippen molar-refractivity contribution in [3.05, 3.63) is 34.9 Å². The van der Waals surface area contributed by atoms with Crippen molar-refractivity contribution in [2.75, 3.05) is 32.0 Å². The number of carbonyl (C=O) groups is 1. The SMILES string of the molecule is CC1CN(S(=O)(=O)CCNC(=O)Cc2ccc(Cl)cc2)CCO1. The molecule has 1 saturated heterocycles. The van der Waals surface area contributed by atoms with Gasteiger partial charge in [0.1, 0.15) is 0 Å². The second kappa shape index (κ2) is 8.10. The fourth-order valence-corrected chi connectivity index (χ4v) is 3.87. The van der Waals surface area contributed by atoms with Crippen molar-refractivity contribution in [1.29, 1.82) is 0 Å². The molecule has 1 aliphatic heterocycles. The van der Waals surface area contributed by atoms with E-state index in [0.717, 1.165) is 5.56 Å². The lowest BCUT2D eigenvalue weighted by Crippen LogP contribution is -2.46. The molecule has 0 radical (unpaired) electrons. The average Bonchev–Trinajstić information content (AvgIpc) is 2.49. The highest BCUT2D eigenvalue weighted by Crippen LogP contribution is 2.11. The zero-order chi connectivity index (χ0) is 16.9. The van der Waals surface area contributed by atoms with Gasteiger partial charge in [0.2, 0.25) is 15.9 Å². The van der Waals surface area contributed by atoms with Crippen molar-refractivity contribution >= 4 is 27.5 Å². The lowest BCUT2D eigenvalue weighted by atomic mass is 10.1. The van der Waals surface area contributed by atoms with Crippen molar-refractivity contribution in [2.45, 2.75) is 19.4 Å². The Morgan fingerprint density at radius 3 is 2.74 bits per heavy atom. The summed E-state index contributed by atoms with van der Waals surface area (Å²) in [5.41, 5.74) is 0.830. The third kappa shape index (κ3) is 5.76. The largest absolute Gasteiger partial charge is 0.376 e. The average molecular weight is 361 g/mol. The van der Waals surface area contributed by atoms with E-state index in [1.807, 2.05) is 6.92 Å². The molecule has 1 aromatic carbocycles. The summed E-state index contributed by atoms with van der Waals surface area (Å²) in [6, 6.07) is 6.98. The molecule has 0 spiro atoms. The number of hydrogen-bond donors (Lipinski definition) is 1. The van der Waals surface area contributed by atoms with E-state index in [1.165, 1.54) is 4.31 Å². The number of carbonyl (C=O) groups excluding carboxylic acids is 1. The molecule has 1 unspecified atom stereocenters. The topological polar surface area (TPSA) is 75.7 Å². The standard InChI is InChI=1S/C15H21ClN2O4S/c1-12-11-18(7-8-22-12)23(20,21)9-6-17-15(19)10-13-2-4-14(16)5-3-13/h2-5,12H,6-11H2,1H3,(H,17,19). The summed E-state index contributed by atoms with van der Waals surface area (Å²) in [6.07, 6.45) is 0.101. The Balaban J connectivity index is 1.77. The molecule has 1 N–H and O–H groups in total.